The molecule has 158 valence electrons. The van der Waals surface area contributed by atoms with Crippen molar-refractivity contribution < 1.29 is 28.3 Å². The Morgan fingerprint density at radius 3 is 2.60 bits per heavy atom. The number of fused-ring (bicyclic) bond motifs is 1. The van der Waals surface area contributed by atoms with Crippen molar-refractivity contribution in [3.05, 3.63) is 66.1 Å². The van der Waals surface area contributed by atoms with Crippen LogP contribution in [0, 0.1) is 0 Å². The van der Waals surface area contributed by atoms with E-state index in [9.17, 15) is 9.59 Å². The van der Waals surface area contributed by atoms with Crippen molar-refractivity contribution in [1.82, 2.24) is 5.32 Å². The molecule has 0 fully saturated rings. The number of carbonyl (C=O) groups is 2. The number of amides is 1. The van der Waals surface area contributed by atoms with E-state index in [1.54, 1.807) is 6.07 Å². The van der Waals surface area contributed by atoms with Crippen molar-refractivity contribution in [3.63, 3.8) is 0 Å². The number of furan rings is 1. The van der Waals surface area contributed by atoms with Crippen LogP contribution in [0.3, 0.4) is 0 Å². The number of likely N-dealkylation sites (N-methyl/N-ethyl adjacent to an activating group) is 1. The van der Waals surface area contributed by atoms with Gasteiger partial charge in [0.05, 0.1) is 45.7 Å². The maximum absolute atomic E-state index is 12.6. The fraction of sp³-hybridized carbons (Fsp3) is 0.304. The van der Waals surface area contributed by atoms with Gasteiger partial charge in [0.25, 0.3) is 5.91 Å². The van der Waals surface area contributed by atoms with Gasteiger partial charge in [-0.25, -0.2) is 0 Å². The normalized spacial score (nSPS) is 12.5. The first-order chi connectivity index (χ1) is 14.2. The fourth-order valence-corrected chi connectivity index (χ4v) is 3.35. The third-order valence-electron chi connectivity index (χ3n) is 4.56. The Kier molecular flexibility index (Phi) is 6.42. The molecule has 3 aromatic rings. The summed E-state index contributed by atoms with van der Waals surface area (Å²) in [6, 6.07) is 14.9. The number of quaternary nitrogens is 1. The smallest absolute Gasteiger partial charge is 0.305 e. The number of carboxylic acid groups (broad SMARTS) is 1. The van der Waals surface area contributed by atoms with E-state index in [1.165, 1.54) is 6.26 Å². The standard InChI is InChI=1S/C23H26N2O5/c1-25(2,3)13-18(12-22(26)27)24-23(28)17-11-19(29-14-17)15-30-21-10-6-8-16-7-4-5-9-20(16)21/h4-11,14,18H,12-13,15H2,1-3H3,(H-,24,26,27,28)/p+1/t18-/m1/s1. The number of rotatable bonds is 9. The predicted molar refractivity (Wildman–Crippen MR) is 113 cm³/mol. The highest BCUT2D eigenvalue weighted by molar-refractivity contribution is 5.94. The zero-order valence-electron chi connectivity index (χ0n) is 17.4. The first-order valence-electron chi connectivity index (χ1n) is 9.72. The first-order valence-corrected chi connectivity index (χ1v) is 9.72. The Morgan fingerprint density at radius 2 is 1.87 bits per heavy atom. The number of benzene rings is 2. The van der Waals surface area contributed by atoms with Gasteiger partial charge in [-0.1, -0.05) is 36.4 Å². The van der Waals surface area contributed by atoms with Crippen molar-refractivity contribution in [2.24, 2.45) is 0 Å². The molecule has 0 saturated carbocycles. The van der Waals surface area contributed by atoms with Gasteiger partial charge in [-0.15, -0.1) is 0 Å². The molecule has 3 rings (SSSR count). The average Bonchev–Trinajstić information content (AvgIpc) is 3.13. The lowest BCUT2D eigenvalue weighted by Crippen LogP contribution is -2.49. The van der Waals surface area contributed by atoms with E-state index in [-0.39, 0.29) is 18.9 Å². The third kappa shape index (κ3) is 5.84. The molecule has 1 aromatic heterocycles. The van der Waals surface area contributed by atoms with Crippen LogP contribution in [0.4, 0.5) is 0 Å². The molecule has 1 atom stereocenters. The van der Waals surface area contributed by atoms with Gasteiger partial charge < -0.3 is 24.1 Å². The average molecular weight is 411 g/mol. The largest absolute Gasteiger partial charge is 0.485 e. The van der Waals surface area contributed by atoms with E-state index < -0.39 is 12.0 Å². The van der Waals surface area contributed by atoms with E-state index >= 15 is 0 Å². The molecule has 0 aliphatic heterocycles. The second-order valence-electron chi connectivity index (χ2n) is 8.31. The van der Waals surface area contributed by atoms with Crippen LogP contribution in [-0.4, -0.2) is 55.2 Å². The van der Waals surface area contributed by atoms with E-state index in [0.717, 1.165) is 16.5 Å². The highest BCUT2D eigenvalue weighted by Gasteiger charge is 2.24. The molecule has 0 spiro atoms. The monoisotopic (exact) mass is 411 g/mol. The molecule has 1 heterocycles. The number of hydrogen-bond acceptors (Lipinski definition) is 4. The minimum absolute atomic E-state index is 0.143. The predicted octanol–water partition coefficient (Wildman–Crippen LogP) is 3.29. The number of aliphatic carboxylic acids is 1. The SMILES string of the molecule is C[N+](C)(C)C[C@@H](CC(=O)O)NC(=O)c1coc(COc2cccc3ccccc23)c1. The quantitative estimate of drug-likeness (QED) is 0.528. The molecule has 7 heteroatoms. The van der Waals surface area contributed by atoms with Crippen LogP contribution in [0.5, 0.6) is 5.75 Å². The van der Waals surface area contributed by atoms with E-state index in [0.29, 0.717) is 22.4 Å². The number of ether oxygens (including phenoxy) is 1. The summed E-state index contributed by atoms with van der Waals surface area (Å²) >= 11 is 0. The number of carboxylic acids is 1. The molecule has 2 N–H and O–H groups in total. The number of hydrogen-bond donors (Lipinski definition) is 2. The van der Waals surface area contributed by atoms with Gasteiger partial charge in [-0.2, -0.15) is 0 Å². The molecule has 0 radical (unpaired) electrons. The van der Waals surface area contributed by atoms with Crippen LogP contribution in [0.2, 0.25) is 0 Å². The summed E-state index contributed by atoms with van der Waals surface area (Å²) in [4.78, 5) is 23.7. The molecule has 0 aliphatic carbocycles. The van der Waals surface area contributed by atoms with Crippen LogP contribution in [-0.2, 0) is 11.4 Å². The molecule has 7 nitrogen and oxygen atoms in total. The van der Waals surface area contributed by atoms with Gasteiger partial charge in [0.1, 0.15) is 24.4 Å². The molecule has 2 aromatic carbocycles. The van der Waals surface area contributed by atoms with Crippen molar-refractivity contribution in [2.75, 3.05) is 27.7 Å². The van der Waals surface area contributed by atoms with Gasteiger partial charge >= 0.3 is 5.97 Å². The van der Waals surface area contributed by atoms with Crippen LogP contribution in [0.15, 0.2) is 59.2 Å². The van der Waals surface area contributed by atoms with Gasteiger partial charge in [0.15, 0.2) is 0 Å². The van der Waals surface area contributed by atoms with E-state index in [1.807, 2.05) is 63.6 Å². The summed E-state index contributed by atoms with van der Waals surface area (Å²) in [6.07, 6.45) is 1.22. The molecule has 0 saturated heterocycles. The maximum Gasteiger partial charge on any atom is 0.305 e. The summed E-state index contributed by atoms with van der Waals surface area (Å²) in [5, 5.41) is 14.0. The maximum atomic E-state index is 12.6. The van der Waals surface area contributed by atoms with Gasteiger partial charge in [-0.05, 0) is 17.5 Å². The molecule has 0 bridgehead atoms. The van der Waals surface area contributed by atoms with Crippen LogP contribution in [0.1, 0.15) is 22.5 Å². The molecular weight excluding hydrogens is 384 g/mol. The lowest BCUT2D eigenvalue weighted by molar-refractivity contribution is -0.871. The van der Waals surface area contributed by atoms with Crippen molar-refractivity contribution in [3.8, 4) is 5.75 Å². The van der Waals surface area contributed by atoms with E-state index in [2.05, 4.69) is 5.32 Å². The first kappa shape index (κ1) is 21.4. The Balaban J connectivity index is 1.64. The number of nitrogens with one attached hydrogen (secondary N) is 1. The highest BCUT2D eigenvalue weighted by atomic mass is 16.5. The topological polar surface area (TPSA) is 88.8 Å². The molecule has 1 amide bonds. The van der Waals surface area contributed by atoms with Crippen LogP contribution >= 0.6 is 0 Å². The zero-order chi connectivity index (χ0) is 21.7. The van der Waals surface area contributed by atoms with Gasteiger partial charge in [0, 0.05) is 5.39 Å². The summed E-state index contributed by atoms with van der Waals surface area (Å²) in [7, 11) is 5.84. The Bertz CT molecular complexity index is 1030. The summed E-state index contributed by atoms with van der Waals surface area (Å²) in [6.45, 7) is 0.672. The van der Waals surface area contributed by atoms with Gasteiger partial charge in [0.2, 0.25) is 0 Å². The Morgan fingerprint density at radius 1 is 1.13 bits per heavy atom. The van der Waals surface area contributed by atoms with Crippen molar-refractivity contribution in [1.29, 1.82) is 0 Å². The number of nitrogens with zero attached hydrogens (tertiary/aromatic N) is 1. The molecule has 30 heavy (non-hydrogen) atoms. The Hall–Kier alpha value is -3.32. The second-order valence-corrected chi connectivity index (χ2v) is 8.31. The third-order valence-corrected chi connectivity index (χ3v) is 4.56. The minimum Gasteiger partial charge on any atom is -0.485 e. The molecular formula is C23H27N2O5+. The van der Waals surface area contributed by atoms with Crippen molar-refractivity contribution in [2.45, 2.75) is 19.1 Å². The van der Waals surface area contributed by atoms with Crippen LogP contribution < -0.4 is 10.1 Å². The summed E-state index contributed by atoms with van der Waals surface area (Å²) in [5.41, 5.74) is 0.336. The fourth-order valence-electron chi connectivity index (χ4n) is 3.35. The lowest BCUT2D eigenvalue weighted by Gasteiger charge is -2.29. The number of carbonyl (C=O) groups excluding carboxylic acids is 1. The van der Waals surface area contributed by atoms with Gasteiger partial charge in [-0.3, -0.25) is 9.59 Å². The second kappa shape index (κ2) is 9.00. The summed E-state index contributed by atoms with van der Waals surface area (Å²) < 4.78 is 11.9. The van der Waals surface area contributed by atoms with E-state index in [4.69, 9.17) is 14.3 Å². The van der Waals surface area contributed by atoms with Crippen LogP contribution in [0.25, 0.3) is 10.8 Å². The van der Waals surface area contributed by atoms with Crippen molar-refractivity contribution >= 4 is 22.6 Å². The Labute approximate surface area is 175 Å². The summed E-state index contributed by atoms with van der Waals surface area (Å²) in [5.74, 6) is -0.0746. The molecule has 0 unspecified atom stereocenters. The zero-order valence-corrected chi connectivity index (χ0v) is 17.4. The lowest BCUT2D eigenvalue weighted by atomic mass is 10.1. The highest BCUT2D eigenvalue weighted by Crippen LogP contribution is 2.26. The minimum atomic E-state index is -0.954. The molecule has 0 aliphatic rings.